The quantitative estimate of drug-likeness (QED) is 0.850. The maximum atomic E-state index is 12.8. The molecule has 2 aromatic rings. The Bertz CT molecular complexity index is 614. The Morgan fingerprint density at radius 3 is 2.33 bits per heavy atom. The minimum Gasteiger partial charge on any atom is -0.490 e. The molecule has 0 radical (unpaired) electrons. The zero-order valence-corrected chi connectivity index (χ0v) is 11.0. The maximum Gasteiger partial charge on any atom is 0.419 e. The molecule has 0 fully saturated rings. The highest BCUT2D eigenvalue weighted by atomic mass is 19.4. The van der Waals surface area contributed by atoms with Crippen LogP contribution in [0.15, 0.2) is 48.5 Å². The van der Waals surface area contributed by atoms with Crippen molar-refractivity contribution in [2.75, 3.05) is 12.3 Å². The molecule has 3 N–H and O–H groups in total. The first-order chi connectivity index (χ1) is 9.89. The van der Waals surface area contributed by atoms with E-state index in [-0.39, 0.29) is 12.4 Å². The number of hydrogen-bond acceptors (Lipinski definition) is 3. The first kappa shape index (κ1) is 15.2. The van der Waals surface area contributed by atoms with E-state index in [4.69, 9.17) is 10.5 Å². The van der Waals surface area contributed by atoms with Crippen LogP contribution in [0.5, 0.6) is 5.75 Å². The number of alkyl halides is 3. The molecule has 0 saturated heterocycles. The first-order valence-electron chi connectivity index (χ1n) is 6.21. The normalized spacial score (nSPS) is 13.0. The van der Waals surface area contributed by atoms with E-state index in [0.717, 1.165) is 6.07 Å². The van der Waals surface area contributed by atoms with Gasteiger partial charge in [0.05, 0.1) is 5.56 Å². The van der Waals surface area contributed by atoms with Gasteiger partial charge in [-0.15, -0.1) is 0 Å². The fraction of sp³-hybridized carbons (Fsp3) is 0.200. The Morgan fingerprint density at radius 1 is 1.05 bits per heavy atom. The molecule has 112 valence electrons. The molecule has 0 aliphatic carbocycles. The molecule has 0 aliphatic heterocycles. The van der Waals surface area contributed by atoms with Crippen molar-refractivity contribution in [1.29, 1.82) is 0 Å². The Labute approximate surface area is 119 Å². The molecule has 0 aromatic heterocycles. The second-order valence-corrected chi connectivity index (χ2v) is 4.45. The summed E-state index contributed by atoms with van der Waals surface area (Å²) in [4.78, 5) is 0. The Kier molecular flexibility index (Phi) is 4.37. The minimum atomic E-state index is -4.51. The van der Waals surface area contributed by atoms with Crippen molar-refractivity contribution in [3.05, 3.63) is 59.7 Å². The Balaban J connectivity index is 2.12. The molecule has 3 nitrogen and oxygen atoms in total. The molecule has 0 amide bonds. The fourth-order valence-electron chi connectivity index (χ4n) is 1.90. The Morgan fingerprint density at radius 2 is 1.67 bits per heavy atom. The molecular weight excluding hydrogens is 283 g/mol. The van der Waals surface area contributed by atoms with Gasteiger partial charge in [0, 0.05) is 11.3 Å². The van der Waals surface area contributed by atoms with Gasteiger partial charge < -0.3 is 15.6 Å². The summed E-state index contributed by atoms with van der Waals surface area (Å²) in [6.45, 7) is -0.318. The summed E-state index contributed by atoms with van der Waals surface area (Å²) in [5, 5.41) is 9.97. The van der Waals surface area contributed by atoms with Crippen LogP contribution in [0.2, 0.25) is 0 Å². The zero-order valence-electron chi connectivity index (χ0n) is 11.0. The molecule has 2 aromatic carbocycles. The molecule has 6 heteroatoms. The van der Waals surface area contributed by atoms with Gasteiger partial charge in [0.15, 0.2) is 0 Å². The lowest BCUT2D eigenvalue weighted by Gasteiger charge is -2.17. The standard InChI is InChI=1S/C15H14F3NO2/c16-15(17,18)11-6-2-4-8-14(11)21-9-13(20)10-5-1-3-7-12(10)19/h1-8,13,20H,9,19H2. The molecule has 2 rings (SSSR count). The second kappa shape index (κ2) is 6.05. The summed E-state index contributed by atoms with van der Waals surface area (Å²) < 4.78 is 43.5. The van der Waals surface area contributed by atoms with Crippen molar-refractivity contribution < 1.29 is 23.0 Å². The van der Waals surface area contributed by atoms with E-state index in [2.05, 4.69) is 0 Å². The molecule has 0 heterocycles. The van der Waals surface area contributed by atoms with Crippen LogP contribution in [-0.4, -0.2) is 11.7 Å². The van der Waals surface area contributed by atoms with Gasteiger partial charge in [-0.1, -0.05) is 30.3 Å². The maximum absolute atomic E-state index is 12.8. The van der Waals surface area contributed by atoms with Crippen LogP contribution in [0.25, 0.3) is 0 Å². The van der Waals surface area contributed by atoms with Crippen molar-refractivity contribution in [2.24, 2.45) is 0 Å². The Hall–Kier alpha value is -2.21. The molecule has 0 aliphatic rings. The number of anilines is 1. The molecule has 0 bridgehead atoms. The summed E-state index contributed by atoms with van der Waals surface area (Å²) in [6, 6.07) is 11.4. The fourth-order valence-corrected chi connectivity index (χ4v) is 1.90. The first-order valence-corrected chi connectivity index (χ1v) is 6.21. The summed E-state index contributed by atoms with van der Waals surface area (Å²) in [5.41, 5.74) is 5.59. The van der Waals surface area contributed by atoms with Crippen LogP contribution in [0, 0.1) is 0 Å². The smallest absolute Gasteiger partial charge is 0.419 e. The summed E-state index contributed by atoms with van der Waals surface area (Å²) in [7, 11) is 0. The number of ether oxygens (including phenoxy) is 1. The number of nitrogen functional groups attached to an aromatic ring is 1. The lowest BCUT2D eigenvalue weighted by Crippen LogP contribution is -2.14. The van der Waals surface area contributed by atoms with Gasteiger partial charge in [0.2, 0.25) is 0 Å². The van der Waals surface area contributed by atoms with Gasteiger partial charge in [0.25, 0.3) is 0 Å². The van der Waals surface area contributed by atoms with Crippen molar-refractivity contribution in [1.82, 2.24) is 0 Å². The molecule has 21 heavy (non-hydrogen) atoms. The van der Waals surface area contributed by atoms with E-state index in [1.54, 1.807) is 24.3 Å². The van der Waals surface area contributed by atoms with Crippen LogP contribution in [0.3, 0.4) is 0 Å². The number of halogens is 3. The SMILES string of the molecule is Nc1ccccc1C(O)COc1ccccc1C(F)(F)F. The van der Waals surface area contributed by atoms with Gasteiger partial charge >= 0.3 is 6.18 Å². The van der Waals surface area contributed by atoms with E-state index in [1.807, 2.05) is 0 Å². The summed E-state index contributed by atoms with van der Waals surface area (Å²) in [6.07, 6.45) is -5.61. The molecule has 0 saturated carbocycles. The van der Waals surface area contributed by atoms with E-state index >= 15 is 0 Å². The van der Waals surface area contributed by atoms with E-state index in [1.165, 1.54) is 18.2 Å². The van der Waals surface area contributed by atoms with Crippen molar-refractivity contribution in [3.63, 3.8) is 0 Å². The molecular formula is C15H14F3NO2. The highest BCUT2D eigenvalue weighted by Gasteiger charge is 2.34. The number of nitrogens with two attached hydrogens (primary N) is 1. The number of hydrogen-bond donors (Lipinski definition) is 2. The monoisotopic (exact) mass is 297 g/mol. The minimum absolute atomic E-state index is 0.318. The third-order valence-electron chi connectivity index (χ3n) is 2.94. The largest absolute Gasteiger partial charge is 0.490 e. The van der Waals surface area contributed by atoms with Gasteiger partial charge in [-0.3, -0.25) is 0 Å². The predicted molar refractivity (Wildman–Crippen MR) is 72.8 cm³/mol. The highest BCUT2D eigenvalue weighted by molar-refractivity contribution is 5.47. The van der Waals surface area contributed by atoms with Crippen molar-refractivity contribution in [3.8, 4) is 5.75 Å². The van der Waals surface area contributed by atoms with Gasteiger partial charge in [-0.25, -0.2) is 0 Å². The summed E-state index contributed by atoms with van der Waals surface area (Å²) in [5.74, 6) is -0.321. The van der Waals surface area contributed by atoms with Crippen LogP contribution in [0.4, 0.5) is 18.9 Å². The predicted octanol–water partition coefficient (Wildman–Crippen LogP) is 3.40. The topological polar surface area (TPSA) is 55.5 Å². The highest BCUT2D eigenvalue weighted by Crippen LogP contribution is 2.36. The van der Waals surface area contributed by atoms with Crippen LogP contribution < -0.4 is 10.5 Å². The van der Waals surface area contributed by atoms with Gasteiger partial charge in [-0.05, 0) is 18.2 Å². The number of para-hydroxylation sites is 2. The van der Waals surface area contributed by atoms with Gasteiger partial charge in [-0.2, -0.15) is 13.2 Å². The average molecular weight is 297 g/mol. The lowest BCUT2D eigenvalue weighted by molar-refractivity contribution is -0.139. The van der Waals surface area contributed by atoms with Crippen LogP contribution in [0.1, 0.15) is 17.2 Å². The van der Waals surface area contributed by atoms with Crippen molar-refractivity contribution in [2.45, 2.75) is 12.3 Å². The van der Waals surface area contributed by atoms with E-state index in [0.29, 0.717) is 11.3 Å². The third-order valence-corrected chi connectivity index (χ3v) is 2.94. The van der Waals surface area contributed by atoms with E-state index in [9.17, 15) is 18.3 Å². The lowest BCUT2D eigenvalue weighted by atomic mass is 10.1. The van der Waals surface area contributed by atoms with Gasteiger partial charge in [0.1, 0.15) is 18.5 Å². The molecule has 1 unspecified atom stereocenters. The summed E-state index contributed by atoms with van der Waals surface area (Å²) >= 11 is 0. The third kappa shape index (κ3) is 3.66. The van der Waals surface area contributed by atoms with Crippen LogP contribution in [-0.2, 0) is 6.18 Å². The average Bonchev–Trinajstić information content (AvgIpc) is 2.44. The second-order valence-electron chi connectivity index (χ2n) is 4.45. The van der Waals surface area contributed by atoms with E-state index < -0.39 is 17.8 Å². The number of rotatable bonds is 4. The molecule has 1 atom stereocenters. The number of benzene rings is 2. The number of aliphatic hydroxyl groups is 1. The molecule has 0 spiro atoms. The van der Waals surface area contributed by atoms with Crippen LogP contribution >= 0.6 is 0 Å². The zero-order chi connectivity index (χ0) is 15.5. The number of aliphatic hydroxyl groups excluding tert-OH is 1. The van der Waals surface area contributed by atoms with Crippen molar-refractivity contribution >= 4 is 5.69 Å².